The summed E-state index contributed by atoms with van der Waals surface area (Å²) in [6.45, 7) is 0. The van der Waals surface area contributed by atoms with Crippen LogP contribution in [0.1, 0.15) is 12.0 Å². The molecule has 0 amide bonds. The first-order valence-electron chi connectivity index (χ1n) is 5.89. The Morgan fingerprint density at radius 2 is 2.41 bits per heavy atom. The van der Waals surface area contributed by atoms with Gasteiger partial charge in [0, 0.05) is 6.04 Å². The lowest BCUT2D eigenvalue weighted by molar-refractivity contribution is 0.404. The number of rotatable bonds is 4. The average Bonchev–Trinajstić information content (AvgIpc) is 2.84. The van der Waals surface area contributed by atoms with Crippen LogP contribution in [0.2, 0.25) is 5.02 Å². The van der Waals surface area contributed by atoms with Crippen molar-refractivity contribution >= 4 is 23.4 Å². The molecule has 1 aliphatic heterocycles. The number of halogens is 2. The third-order valence-corrected chi connectivity index (χ3v) is 4.82. The van der Waals surface area contributed by atoms with Crippen molar-refractivity contribution in [1.82, 2.24) is 5.32 Å². The monoisotopic (exact) mass is 273 g/mol. The summed E-state index contributed by atoms with van der Waals surface area (Å²) in [6.07, 6.45) is 2.19. The summed E-state index contributed by atoms with van der Waals surface area (Å²) in [7, 11) is 2.00. The number of hydrogen-bond acceptors (Lipinski definition) is 2. The van der Waals surface area contributed by atoms with E-state index in [0.29, 0.717) is 12.0 Å². The molecule has 1 nitrogen and oxygen atoms in total. The highest BCUT2D eigenvalue weighted by atomic mass is 35.5. The van der Waals surface area contributed by atoms with Gasteiger partial charge in [-0.2, -0.15) is 11.8 Å². The van der Waals surface area contributed by atoms with Crippen molar-refractivity contribution in [3.05, 3.63) is 34.6 Å². The number of benzene rings is 1. The Morgan fingerprint density at radius 3 is 3.00 bits per heavy atom. The number of hydrogen-bond donors (Lipinski definition) is 1. The van der Waals surface area contributed by atoms with Crippen molar-refractivity contribution in [2.24, 2.45) is 5.92 Å². The third-order valence-electron chi connectivity index (χ3n) is 3.34. The van der Waals surface area contributed by atoms with Crippen LogP contribution in [0, 0.1) is 11.7 Å². The van der Waals surface area contributed by atoms with Gasteiger partial charge in [0.15, 0.2) is 0 Å². The van der Waals surface area contributed by atoms with Crippen LogP contribution in [0.25, 0.3) is 0 Å². The van der Waals surface area contributed by atoms with E-state index in [0.717, 1.165) is 12.0 Å². The lowest BCUT2D eigenvalue weighted by Crippen LogP contribution is -2.35. The van der Waals surface area contributed by atoms with Gasteiger partial charge in [-0.15, -0.1) is 0 Å². The lowest BCUT2D eigenvalue weighted by atomic mass is 9.93. The van der Waals surface area contributed by atoms with Crippen molar-refractivity contribution in [3.8, 4) is 0 Å². The van der Waals surface area contributed by atoms with Crippen LogP contribution in [-0.2, 0) is 6.42 Å². The van der Waals surface area contributed by atoms with Gasteiger partial charge in [0.2, 0.25) is 0 Å². The molecule has 17 heavy (non-hydrogen) atoms. The smallest absolute Gasteiger partial charge is 0.141 e. The van der Waals surface area contributed by atoms with Gasteiger partial charge in [-0.3, -0.25) is 0 Å². The van der Waals surface area contributed by atoms with E-state index in [1.165, 1.54) is 24.0 Å². The molecule has 1 aromatic carbocycles. The van der Waals surface area contributed by atoms with E-state index in [2.05, 4.69) is 5.32 Å². The summed E-state index contributed by atoms with van der Waals surface area (Å²) >= 11 is 7.82. The lowest BCUT2D eigenvalue weighted by Gasteiger charge is -2.22. The molecule has 0 spiro atoms. The van der Waals surface area contributed by atoms with Gasteiger partial charge < -0.3 is 5.32 Å². The van der Waals surface area contributed by atoms with Gasteiger partial charge in [-0.25, -0.2) is 4.39 Å². The predicted molar refractivity (Wildman–Crippen MR) is 73.4 cm³/mol. The minimum atomic E-state index is -0.340. The van der Waals surface area contributed by atoms with Crippen molar-refractivity contribution in [2.75, 3.05) is 18.6 Å². The Balaban J connectivity index is 2.04. The highest BCUT2D eigenvalue weighted by molar-refractivity contribution is 7.99. The highest BCUT2D eigenvalue weighted by Gasteiger charge is 2.24. The quantitative estimate of drug-likeness (QED) is 0.903. The van der Waals surface area contributed by atoms with Crippen molar-refractivity contribution < 1.29 is 4.39 Å². The predicted octanol–water partition coefficient (Wildman–Crippen LogP) is 3.36. The fourth-order valence-corrected chi connectivity index (χ4v) is 3.84. The van der Waals surface area contributed by atoms with Crippen LogP contribution in [0.4, 0.5) is 4.39 Å². The molecule has 0 radical (unpaired) electrons. The molecule has 2 rings (SSSR count). The fraction of sp³-hybridized carbons (Fsp3) is 0.538. The summed E-state index contributed by atoms with van der Waals surface area (Å²) in [5.41, 5.74) is 1.10. The largest absolute Gasteiger partial charge is 0.316 e. The van der Waals surface area contributed by atoms with E-state index in [9.17, 15) is 4.39 Å². The molecule has 4 heteroatoms. The van der Waals surface area contributed by atoms with E-state index < -0.39 is 0 Å². The zero-order valence-electron chi connectivity index (χ0n) is 9.88. The van der Waals surface area contributed by atoms with Crippen LogP contribution in [0.15, 0.2) is 18.2 Å². The maximum atomic E-state index is 13.1. The average molecular weight is 274 g/mol. The summed E-state index contributed by atoms with van der Waals surface area (Å²) in [4.78, 5) is 0. The summed E-state index contributed by atoms with van der Waals surface area (Å²) in [6, 6.07) is 5.48. The molecule has 1 aliphatic rings. The van der Waals surface area contributed by atoms with Gasteiger partial charge in [0.1, 0.15) is 5.82 Å². The second-order valence-electron chi connectivity index (χ2n) is 4.47. The highest BCUT2D eigenvalue weighted by Crippen LogP contribution is 2.28. The molecule has 0 bridgehead atoms. The second-order valence-corrected chi connectivity index (χ2v) is 6.03. The molecule has 94 valence electrons. The molecule has 1 saturated heterocycles. The fourth-order valence-electron chi connectivity index (χ4n) is 2.30. The maximum Gasteiger partial charge on any atom is 0.141 e. The molecule has 0 aromatic heterocycles. The number of nitrogens with one attached hydrogen (secondary N) is 1. The van der Waals surface area contributed by atoms with Crippen molar-refractivity contribution in [1.29, 1.82) is 0 Å². The zero-order valence-corrected chi connectivity index (χ0v) is 11.5. The van der Waals surface area contributed by atoms with Crippen LogP contribution in [0.3, 0.4) is 0 Å². The first-order chi connectivity index (χ1) is 8.20. The Morgan fingerprint density at radius 1 is 1.59 bits per heavy atom. The molecule has 2 atom stereocenters. The van der Waals surface area contributed by atoms with E-state index in [1.54, 1.807) is 6.07 Å². The molecule has 2 unspecified atom stereocenters. The molecule has 0 aliphatic carbocycles. The number of thioether (sulfide) groups is 1. The maximum absolute atomic E-state index is 13.1. The molecule has 1 heterocycles. The van der Waals surface area contributed by atoms with Gasteiger partial charge >= 0.3 is 0 Å². The van der Waals surface area contributed by atoms with Crippen molar-refractivity contribution in [3.63, 3.8) is 0 Å². The SMILES string of the molecule is CNC(Cc1ccc(F)c(Cl)c1)C1CCSC1. The third kappa shape index (κ3) is 3.36. The molecular weight excluding hydrogens is 257 g/mol. The second kappa shape index (κ2) is 6.07. The van der Waals surface area contributed by atoms with Gasteiger partial charge in [-0.1, -0.05) is 17.7 Å². The van der Waals surface area contributed by atoms with E-state index in [4.69, 9.17) is 11.6 Å². The Bertz CT molecular complexity index is 380. The molecule has 1 fully saturated rings. The molecule has 1 N–H and O–H groups in total. The summed E-state index contributed by atoms with van der Waals surface area (Å²) in [5.74, 6) is 2.86. The van der Waals surface area contributed by atoms with Crippen LogP contribution in [0.5, 0.6) is 0 Å². The molecular formula is C13H17ClFNS. The van der Waals surface area contributed by atoms with E-state index in [-0.39, 0.29) is 10.8 Å². The van der Waals surface area contributed by atoms with Gasteiger partial charge in [0.25, 0.3) is 0 Å². The first-order valence-corrected chi connectivity index (χ1v) is 7.43. The Hall–Kier alpha value is -0.250. The Labute approximate surface area is 111 Å². The topological polar surface area (TPSA) is 12.0 Å². The standard InChI is InChI=1S/C13H17ClFNS/c1-16-13(10-4-5-17-8-10)7-9-2-3-12(15)11(14)6-9/h2-3,6,10,13,16H,4-5,7-8H2,1H3. The Kier molecular flexibility index (Phi) is 4.71. The zero-order chi connectivity index (χ0) is 12.3. The normalized spacial score (nSPS) is 21.7. The summed E-state index contributed by atoms with van der Waals surface area (Å²) < 4.78 is 13.1. The van der Waals surface area contributed by atoms with E-state index in [1.807, 2.05) is 24.9 Å². The van der Waals surface area contributed by atoms with Crippen molar-refractivity contribution in [2.45, 2.75) is 18.9 Å². The van der Waals surface area contributed by atoms with Gasteiger partial charge in [0.05, 0.1) is 5.02 Å². The van der Waals surface area contributed by atoms with Gasteiger partial charge in [-0.05, 0) is 55.0 Å². The minimum absolute atomic E-state index is 0.221. The van der Waals surface area contributed by atoms with Crippen LogP contribution in [-0.4, -0.2) is 24.6 Å². The molecule has 1 aromatic rings. The minimum Gasteiger partial charge on any atom is -0.316 e. The van der Waals surface area contributed by atoms with E-state index >= 15 is 0 Å². The van der Waals surface area contributed by atoms with Crippen LogP contribution >= 0.6 is 23.4 Å². The summed E-state index contributed by atoms with van der Waals surface area (Å²) in [5, 5.41) is 3.60. The van der Waals surface area contributed by atoms with Crippen LogP contribution < -0.4 is 5.32 Å². The molecule has 0 saturated carbocycles. The first kappa shape index (κ1) is 13.2. The number of likely N-dealkylation sites (N-methyl/N-ethyl adjacent to an activating group) is 1.